The number of nitrogens with zero attached hydrogens (tertiary/aromatic N) is 3. The second-order valence-corrected chi connectivity index (χ2v) is 8.41. The largest absolute Gasteiger partial charge is 0.339 e. The molecule has 2 N–H and O–H groups in total. The van der Waals surface area contributed by atoms with Gasteiger partial charge in [0.15, 0.2) is 12.7 Å². The SMILES string of the molecule is CCc1cc(Cc2ccc(F)c(C(=O)N3CCC(CC[n+]4ccc[nH]4)CC3)c2)n[nH]c1=O. The molecule has 0 aliphatic carbocycles. The maximum atomic E-state index is 14.5. The third-order valence-electron chi connectivity index (χ3n) is 6.24. The Hall–Kier alpha value is -3.29. The van der Waals surface area contributed by atoms with Gasteiger partial charge in [0.2, 0.25) is 0 Å². The number of rotatable bonds is 7. The van der Waals surface area contributed by atoms with Gasteiger partial charge in [0.05, 0.1) is 17.5 Å². The van der Waals surface area contributed by atoms with E-state index in [0.29, 0.717) is 43.1 Å². The van der Waals surface area contributed by atoms with Crippen molar-refractivity contribution in [2.24, 2.45) is 5.92 Å². The normalized spacial score (nSPS) is 14.6. The van der Waals surface area contributed by atoms with E-state index < -0.39 is 5.82 Å². The molecule has 0 unspecified atom stereocenters. The summed E-state index contributed by atoms with van der Waals surface area (Å²) >= 11 is 0. The van der Waals surface area contributed by atoms with Gasteiger partial charge in [0.25, 0.3) is 11.5 Å². The average Bonchev–Trinajstić information content (AvgIpc) is 3.34. The van der Waals surface area contributed by atoms with Gasteiger partial charge in [-0.3, -0.25) is 9.59 Å². The van der Waals surface area contributed by atoms with Crippen LogP contribution in [-0.2, 0) is 19.4 Å². The molecule has 1 saturated heterocycles. The van der Waals surface area contributed by atoms with Crippen LogP contribution in [0, 0.1) is 11.7 Å². The Morgan fingerprint density at radius 1 is 1.28 bits per heavy atom. The molecule has 0 spiro atoms. The number of benzene rings is 1. The van der Waals surface area contributed by atoms with Gasteiger partial charge in [-0.05, 0) is 48.9 Å². The zero-order chi connectivity index (χ0) is 22.5. The molecule has 1 aliphatic rings. The minimum atomic E-state index is -0.507. The van der Waals surface area contributed by atoms with Crippen molar-refractivity contribution in [2.45, 2.75) is 45.6 Å². The minimum Gasteiger partial charge on any atom is -0.339 e. The molecular weight excluding hydrogens is 409 g/mol. The van der Waals surface area contributed by atoms with Gasteiger partial charge in [-0.2, -0.15) is 10.2 Å². The number of halogens is 1. The van der Waals surface area contributed by atoms with Crippen molar-refractivity contribution in [1.29, 1.82) is 0 Å². The zero-order valence-electron chi connectivity index (χ0n) is 18.3. The third kappa shape index (κ3) is 5.12. The third-order valence-corrected chi connectivity index (χ3v) is 6.24. The Balaban J connectivity index is 1.39. The van der Waals surface area contributed by atoms with Crippen molar-refractivity contribution in [1.82, 2.24) is 20.2 Å². The predicted octanol–water partition coefficient (Wildman–Crippen LogP) is 2.62. The number of piperidine rings is 1. The summed E-state index contributed by atoms with van der Waals surface area (Å²) in [5.41, 5.74) is 2.04. The van der Waals surface area contributed by atoms with Crippen LogP contribution in [0.3, 0.4) is 0 Å². The molecule has 4 rings (SSSR count). The highest BCUT2D eigenvalue weighted by molar-refractivity contribution is 5.94. The number of hydrogen-bond acceptors (Lipinski definition) is 3. The highest BCUT2D eigenvalue weighted by atomic mass is 19.1. The Labute approximate surface area is 186 Å². The summed E-state index contributed by atoms with van der Waals surface area (Å²) in [6.45, 7) is 4.12. The van der Waals surface area contributed by atoms with E-state index in [1.54, 1.807) is 23.1 Å². The summed E-state index contributed by atoms with van der Waals surface area (Å²) in [7, 11) is 0. The van der Waals surface area contributed by atoms with Crippen molar-refractivity contribution in [2.75, 3.05) is 13.1 Å². The quantitative estimate of drug-likeness (QED) is 0.556. The van der Waals surface area contributed by atoms with E-state index in [2.05, 4.69) is 20.0 Å². The molecule has 0 atom stereocenters. The van der Waals surface area contributed by atoms with Gasteiger partial charge >= 0.3 is 0 Å². The number of hydrogen-bond donors (Lipinski definition) is 2. The van der Waals surface area contributed by atoms with Crippen LogP contribution in [-0.4, -0.2) is 39.2 Å². The monoisotopic (exact) mass is 438 g/mol. The molecule has 2 aromatic heterocycles. The molecule has 1 fully saturated rings. The van der Waals surface area contributed by atoms with Crippen molar-refractivity contribution in [3.05, 3.63) is 81.3 Å². The number of aromatic amines is 2. The van der Waals surface area contributed by atoms with Crippen LogP contribution in [0.4, 0.5) is 4.39 Å². The van der Waals surface area contributed by atoms with Crippen LogP contribution >= 0.6 is 0 Å². The van der Waals surface area contributed by atoms with E-state index in [1.807, 2.05) is 25.4 Å². The number of carbonyl (C=O) groups is 1. The molecular formula is C24H29FN5O2+. The fourth-order valence-corrected chi connectivity index (χ4v) is 4.29. The highest BCUT2D eigenvalue weighted by Gasteiger charge is 2.26. The summed E-state index contributed by atoms with van der Waals surface area (Å²) < 4.78 is 16.6. The van der Waals surface area contributed by atoms with Crippen molar-refractivity contribution < 1.29 is 13.9 Å². The van der Waals surface area contributed by atoms with Gasteiger partial charge < -0.3 is 4.90 Å². The molecule has 1 amide bonds. The zero-order valence-corrected chi connectivity index (χ0v) is 18.3. The fourth-order valence-electron chi connectivity index (χ4n) is 4.29. The van der Waals surface area contributed by atoms with E-state index in [9.17, 15) is 14.0 Å². The van der Waals surface area contributed by atoms with E-state index >= 15 is 0 Å². The van der Waals surface area contributed by atoms with Crippen LogP contribution in [0.15, 0.2) is 47.5 Å². The van der Waals surface area contributed by atoms with Crippen LogP contribution in [0.5, 0.6) is 0 Å². The Bertz CT molecular complexity index is 1120. The number of H-pyrrole nitrogens is 2. The van der Waals surface area contributed by atoms with E-state index in [4.69, 9.17) is 0 Å². The Morgan fingerprint density at radius 3 is 2.81 bits per heavy atom. The standard InChI is InChI=1S/C24H28FN5O2/c1-2-19-16-20(27-28-23(19)31)14-18-4-5-22(25)21(15-18)24(32)29-11-6-17(7-12-29)8-13-30-10-3-9-26-30/h3-5,9-10,15-17H,2,6-8,11-14H2,1H3,(H,28,31)/p+1. The molecule has 32 heavy (non-hydrogen) atoms. The van der Waals surface area contributed by atoms with Crippen LogP contribution in [0.25, 0.3) is 0 Å². The molecule has 7 nitrogen and oxygen atoms in total. The highest BCUT2D eigenvalue weighted by Crippen LogP contribution is 2.23. The molecule has 8 heteroatoms. The molecule has 1 aromatic carbocycles. The lowest BCUT2D eigenvalue weighted by Gasteiger charge is -2.31. The van der Waals surface area contributed by atoms with Crippen LogP contribution < -0.4 is 10.2 Å². The number of aromatic nitrogens is 4. The summed E-state index contributed by atoms with van der Waals surface area (Å²) in [5, 5.41) is 9.74. The Morgan fingerprint density at radius 2 is 2.09 bits per heavy atom. The smallest absolute Gasteiger partial charge is 0.267 e. The van der Waals surface area contributed by atoms with Crippen molar-refractivity contribution in [3.63, 3.8) is 0 Å². The topological polar surface area (TPSA) is 85.7 Å². The fraction of sp³-hybridized carbons (Fsp3) is 0.417. The molecule has 0 radical (unpaired) electrons. The van der Waals surface area contributed by atoms with E-state index in [1.165, 1.54) is 6.07 Å². The molecule has 1 aliphatic heterocycles. The number of amides is 1. The number of carbonyl (C=O) groups excluding carboxylic acids is 1. The van der Waals surface area contributed by atoms with E-state index in [-0.39, 0.29) is 17.0 Å². The second-order valence-electron chi connectivity index (χ2n) is 8.41. The average molecular weight is 439 g/mol. The molecule has 3 aromatic rings. The predicted molar refractivity (Wildman–Crippen MR) is 118 cm³/mol. The second kappa shape index (κ2) is 9.89. The van der Waals surface area contributed by atoms with Crippen molar-refractivity contribution >= 4 is 5.91 Å². The maximum absolute atomic E-state index is 14.5. The first-order chi connectivity index (χ1) is 15.5. The first kappa shape index (κ1) is 21.9. The Kier molecular flexibility index (Phi) is 6.78. The lowest BCUT2D eigenvalue weighted by atomic mass is 9.93. The van der Waals surface area contributed by atoms with E-state index in [0.717, 1.165) is 31.4 Å². The van der Waals surface area contributed by atoms with Gasteiger partial charge in [-0.1, -0.05) is 13.0 Å². The van der Waals surface area contributed by atoms with Crippen LogP contribution in [0.2, 0.25) is 0 Å². The first-order valence-corrected chi connectivity index (χ1v) is 11.2. The summed E-state index contributed by atoms with van der Waals surface area (Å²) in [6, 6.07) is 8.36. The summed E-state index contributed by atoms with van der Waals surface area (Å²) in [4.78, 5) is 26.5. The lowest BCUT2D eigenvalue weighted by Crippen LogP contribution is -2.41. The number of likely N-dealkylation sites (tertiary alicyclic amines) is 1. The van der Waals surface area contributed by atoms with Crippen LogP contribution in [0.1, 0.15) is 53.4 Å². The number of aryl methyl sites for hydroxylation is 2. The lowest BCUT2D eigenvalue weighted by molar-refractivity contribution is -0.751. The van der Waals surface area contributed by atoms with Gasteiger partial charge in [0.1, 0.15) is 5.82 Å². The van der Waals surface area contributed by atoms with Gasteiger partial charge in [0, 0.05) is 37.6 Å². The molecule has 168 valence electrons. The summed E-state index contributed by atoms with van der Waals surface area (Å²) in [6.07, 6.45) is 7.86. The molecule has 0 saturated carbocycles. The summed E-state index contributed by atoms with van der Waals surface area (Å²) in [5.74, 6) is -0.206. The first-order valence-electron chi connectivity index (χ1n) is 11.2. The van der Waals surface area contributed by atoms with Gasteiger partial charge in [-0.25, -0.2) is 9.49 Å². The van der Waals surface area contributed by atoms with Crippen molar-refractivity contribution in [3.8, 4) is 0 Å². The molecule has 3 heterocycles. The number of nitrogens with one attached hydrogen (secondary N) is 2. The molecule has 0 bridgehead atoms. The maximum Gasteiger partial charge on any atom is 0.267 e. The minimum absolute atomic E-state index is 0.100. The van der Waals surface area contributed by atoms with Gasteiger partial charge in [-0.15, -0.1) is 4.68 Å².